The second-order valence-electron chi connectivity index (χ2n) is 4.62. The summed E-state index contributed by atoms with van der Waals surface area (Å²) in [6, 6.07) is 7.34. The summed E-state index contributed by atoms with van der Waals surface area (Å²) in [6.45, 7) is 0. The largest absolute Gasteiger partial charge is 0.871 e. The van der Waals surface area contributed by atoms with Crippen molar-refractivity contribution < 1.29 is 24.6 Å². The van der Waals surface area contributed by atoms with Gasteiger partial charge in [0.2, 0.25) is 0 Å². The lowest BCUT2D eigenvalue weighted by Crippen LogP contribution is -2.30. The number of fused-ring (bicyclic) bond motifs is 1. The van der Waals surface area contributed by atoms with Crippen molar-refractivity contribution in [3.63, 3.8) is 0 Å². The van der Waals surface area contributed by atoms with Crippen LogP contribution in [-0.2, 0) is 0 Å². The molecular weight excluding hydrogens is 310 g/mol. The molecular formula is C15H7ClNO5-. The fraction of sp³-hybridized carbons (Fsp3) is 0. The van der Waals surface area contributed by atoms with E-state index in [1.54, 1.807) is 0 Å². The van der Waals surface area contributed by atoms with Gasteiger partial charge in [0.05, 0.1) is 16.7 Å². The van der Waals surface area contributed by atoms with Crippen LogP contribution in [0, 0.1) is 0 Å². The van der Waals surface area contributed by atoms with Crippen molar-refractivity contribution in [2.24, 2.45) is 0 Å². The van der Waals surface area contributed by atoms with Crippen LogP contribution in [0.4, 0.5) is 5.69 Å². The topological polar surface area (TPSA) is 97.7 Å². The highest BCUT2D eigenvalue weighted by Crippen LogP contribution is 2.34. The number of nitrogens with zero attached hydrogens (tertiary/aromatic N) is 1. The summed E-state index contributed by atoms with van der Waals surface area (Å²) < 4.78 is 0. The molecule has 2 aromatic rings. The highest BCUT2D eigenvalue weighted by Gasteiger charge is 2.37. The first-order chi connectivity index (χ1) is 10.4. The fourth-order valence-corrected chi connectivity index (χ4v) is 2.42. The maximum Gasteiger partial charge on any atom is 0.335 e. The smallest absolute Gasteiger partial charge is 0.335 e. The predicted molar refractivity (Wildman–Crippen MR) is 75.4 cm³/mol. The van der Waals surface area contributed by atoms with E-state index in [1.807, 2.05) is 0 Å². The third kappa shape index (κ3) is 2.01. The molecule has 3 rings (SSSR count). The molecule has 0 fully saturated rings. The molecule has 0 unspecified atom stereocenters. The van der Waals surface area contributed by atoms with E-state index in [-0.39, 0.29) is 27.4 Å². The second kappa shape index (κ2) is 4.85. The van der Waals surface area contributed by atoms with Gasteiger partial charge in [0.15, 0.2) is 0 Å². The molecule has 1 N–H and O–H groups in total. The third-order valence-electron chi connectivity index (χ3n) is 3.30. The van der Waals surface area contributed by atoms with Crippen molar-refractivity contribution in [1.29, 1.82) is 0 Å². The molecule has 6 nitrogen and oxygen atoms in total. The molecule has 0 bridgehead atoms. The molecule has 7 heteroatoms. The third-order valence-corrected chi connectivity index (χ3v) is 3.53. The molecule has 0 radical (unpaired) electrons. The Labute approximate surface area is 129 Å². The van der Waals surface area contributed by atoms with Crippen molar-refractivity contribution in [2.75, 3.05) is 4.90 Å². The number of carboxylic acid groups (broad SMARTS) is 1. The van der Waals surface area contributed by atoms with E-state index in [0.29, 0.717) is 4.90 Å². The Bertz CT molecular complexity index is 846. The number of carbonyl (C=O) groups is 3. The van der Waals surface area contributed by atoms with Crippen LogP contribution in [0.3, 0.4) is 0 Å². The monoisotopic (exact) mass is 316 g/mol. The van der Waals surface area contributed by atoms with Crippen molar-refractivity contribution in [3.8, 4) is 5.75 Å². The zero-order chi connectivity index (χ0) is 16.0. The van der Waals surface area contributed by atoms with Crippen LogP contribution in [0.1, 0.15) is 31.1 Å². The lowest BCUT2D eigenvalue weighted by molar-refractivity contribution is -0.267. The van der Waals surface area contributed by atoms with E-state index in [1.165, 1.54) is 24.3 Å². The van der Waals surface area contributed by atoms with Gasteiger partial charge in [-0.05, 0) is 30.3 Å². The van der Waals surface area contributed by atoms with Gasteiger partial charge in [-0.25, -0.2) is 9.69 Å². The molecule has 1 aliphatic heterocycles. The number of carboxylic acids is 1. The van der Waals surface area contributed by atoms with Gasteiger partial charge >= 0.3 is 5.97 Å². The number of amides is 2. The summed E-state index contributed by atoms with van der Waals surface area (Å²) in [6.07, 6.45) is 0. The Morgan fingerprint density at radius 3 is 2.41 bits per heavy atom. The molecule has 22 heavy (non-hydrogen) atoms. The summed E-state index contributed by atoms with van der Waals surface area (Å²) in [4.78, 5) is 36.4. The molecule has 0 aromatic heterocycles. The quantitative estimate of drug-likeness (QED) is 0.853. The first-order valence-corrected chi connectivity index (χ1v) is 6.50. The lowest BCUT2D eigenvalue weighted by atomic mass is 10.1. The summed E-state index contributed by atoms with van der Waals surface area (Å²) >= 11 is 5.80. The Kier molecular flexibility index (Phi) is 3.11. The van der Waals surface area contributed by atoms with Crippen LogP contribution in [-0.4, -0.2) is 22.9 Å². The van der Waals surface area contributed by atoms with Crippen LogP contribution < -0.4 is 10.0 Å². The highest BCUT2D eigenvalue weighted by molar-refractivity contribution is 6.36. The molecule has 2 aromatic carbocycles. The number of rotatable bonds is 2. The van der Waals surface area contributed by atoms with Gasteiger partial charge in [0, 0.05) is 10.7 Å². The number of benzene rings is 2. The molecule has 110 valence electrons. The van der Waals surface area contributed by atoms with E-state index in [9.17, 15) is 19.5 Å². The molecule has 0 spiro atoms. The van der Waals surface area contributed by atoms with E-state index in [0.717, 1.165) is 12.1 Å². The lowest BCUT2D eigenvalue weighted by Gasteiger charge is -2.21. The average molecular weight is 317 g/mol. The van der Waals surface area contributed by atoms with Gasteiger partial charge in [0.1, 0.15) is 0 Å². The van der Waals surface area contributed by atoms with Crippen molar-refractivity contribution in [1.82, 2.24) is 0 Å². The van der Waals surface area contributed by atoms with Crippen LogP contribution in [0.15, 0.2) is 36.4 Å². The zero-order valence-corrected chi connectivity index (χ0v) is 11.6. The van der Waals surface area contributed by atoms with E-state index >= 15 is 0 Å². The summed E-state index contributed by atoms with van der Waals surface area (Å²) in [7, 11) is 0. The molecule has 0 atom stereocenters. The number of hydrogen-bond donors (Lipinski definition) is 1. The van der Waals surface area contributed by atoms with Crippen LogP contribution in [0.25, 0.3) is 0 Å². The number of imide groups is 1. The Balaban J connectivity index is 2.14. The van der Waals surface area contributed by atoms with Crippen molar-refractivity contribution in [2.45, 2.75) is 0 Å². The van der Waals surface area contributed by atoms with Gasteiger partial charge in [0.25, 0.3) is 11.8 Å². The summed E-state index contributed by atoms with van der Waals surface area (Å²) in [5, 5.41) is 21.0. The van der Waals surface area contributed by atoms with Crippen LogP contribution in [0.5, 0.6) is 5.75 Å². The Hall–Kier alpha value is -2.86. The first-order valence-electron chi connectivity index (χ1n) is 6.13. The molecule has 2 amide bonds. The van der Waals surface area contributed by atoms with Crippen molar-refractivity contribution >= 4 is 35.1 Å². The number of anilines is 1. The number of aromatic carboxylic acids is 1. The molecule has 0 saturated heterocycles. The fourth-order valence-electron chi connectivity index (χ4n) is 2.26. The standard InChI is InChI=1S/C15H8ClNO5/c16-8-2-4-12(18)11(6-8)17-13(19)9-3-1-7(15(21)22)5-10(9)14(17)20/h1-6,18H,(H,21,22)/p-1. The van der Waals surface area contributed by atoms with E-state index in [2.05, 4.69) is 0 Å². The van der Waals surface area contributed by atoms with Crippen LogP contribution in [0.2, 0.25) is 5.02 Å². The van der Waals surface area contributed by atoms with Crippen LogP contribution >= 0.6 is 11.6 Å². The van der Waals surface area contributed by atoms with Gasteiger partial charge < -0.3 is 10.2 Å². The van der Waals surface area contributed by atoms with Crippen molar-refractivity contribution in [3.05, 3.63) is 58.1 Å². The molecule has 0 aliphatic carbocycles. The Morgan fingerprint density at radius 1 is 1.05 bits per heavy atom. The number of carbonyl (C=O) groups excluding carboxylic acids is 2. The molecule has 1 aliphatic rings. The van der Waals surface area contributed by atoms with Gasteiger partial charge in [-0.1, -0.05) is 23.4 Å². The Morgan fingerprint density at radius 2 is 1.73 bits per heavy atom. The number of halogens is 1. The molecule has 1 heterocycles. The number of hydrogen-bond acceptors (Lipinski definition) is 4. The maximum atomic E-state index is 12.4. The van der Waals surface area contributed by atoms with Gasteiger partial charge in [-0.15, -0.1) is 0 Å². The maximum absolute atomic E-state index is 12.4. The zero-order valence-electron chi connectivity index (χ0n) is 10.9. The van der Waals surface area contributed by atoms with Gasteiger partial charge in [-0.3, -0.25) is 9.59 Å². The first kappa shape index (κ1) is 14.1. The minimum absolute atomic E-state index is 0.0503. The van der Waals surface area contributed by atoms with Gasteiger partial charge in [-0.2, -0.15) is 0 Å². The minimum Gasteiger partial charge on any atom is -0.871 e. The minimum atomic E-state index is -1.21. The van der Waals surface area contributed by atoms with E-state index < -0.39 is 23.5 Å². The average Bonchev–Trinajstić information content (AvgIpc) is 2.73. The summed E-state index contributed by atoms with van der Waals surface area (Å²) in [5.74, 6) is -3.18. The predicted octanol–water partition coefficient (Wildman–Crippen LogP) is 1.91. The van der Waals surface area contributed by atoms with E-state index in [4.69, 9.17) is 16.7 Å². The summed E-state index contributed by atoms with van der Waals surface area (Å²) in [5.41, 5.74) is -0.274. The SMILES string of the molecule is O=C(O)c1ccc2c(c1)C(=O)N(c1cc(Cl)ccc1[O-])C2=O. The normalized spacial score (nSPS) is 13.4. The second-order valence-corrected chi connectivity index (χ2v) is 5.06. The highest BCUT2D eigenvalue weighted by atomic mass is 35.5. The molecule has 0 saturated carbocycles.